The quantitative estimate of drug-likeness (QED) is 0.649. The molecule has 120 valence electrons. The van der Waals surface area contributed by atoms with E-state index >= 15 is 0 Å². The number of amides is 1. The molecule has 1 amide bonds. The fourth-order valence-corrected chi connectivity index (χ4v) is 2.36. The average molecular weight is 335 g/mol. The number of halogens is 1. The number of nitrogens with zero attached hydrogens (tertiary/aromatic N) is 1. The molecule has 0 heterocycles. The van der Waals surface area contributed by atoms with Crippen LogP contribution in [0.5, 0.6) is 0 Å². The molecule has 0 aliphatic rings. The second-order valence-electron chi connectivity index (χ2n) is 5.00. The standard InChI is InChI=1S/C16H15ClN2O4/c1-10-4-2-3-5-12(10)15(20)9-18-16(21)13-8-11(19(22)23)6-7-14(13)17/h2-8,15,20H,9H2,1H3,(H,18,21). The first-order valence-electron chi connectivity index (χ1n) is 6.86. The Labute approximate surface area is 137 Å². The van der Waals surface area contributed by atoms with Crippen molar-refractivity contribution in [2.24, 2.45) is 0 Å². The molecule has 2 N–H and O–H groups in total. The second kappa shape index (κ2) is 7.21. The summed E-state index contributed by atoms with van der Waals surface area (Å²) < 4.78 is 0. The molecule has 0 spiro atoms. The van der Waals surface area contributed by atoms with Gasteiger partial charge in [-0.05, 0) is 24.1 Å². The Morgan fingerprint density at radius 3 is 2.70 bits per heavy atom. The van der Waals surface area contributed by atoms with Crippen molar-refractivity contribution < 1.29 is 14.8 Å². The molecule has 0 bridgehead atoms. The van der Waals surface area contributed by atoms with Crippen molar-refractivity contribution in [1.82, 2.24) is 5.32 Å². The van der Waals surface area contributed by atoms with Gasteiger partial charge in [-0.1, -0.05) is 35.9 Å². The first-order chi connectivity index (χ1) is 10.9. The number of aliphatic hydroxyl groups is 1. The van der Waals surface area contributed by atoms with Crippen molar-refractivity contribution in [2.75, 3.05) is 6.54 Å². The van der Waals surface area contributed by atoms with E-state index in [9.17, 15) is 20.0 Å². The highest BCUT2D eigenvalue weighted by Gasteiger charge is 2.17. The molecule has 23 heavy (non-hydrogen) atoms. The lowest BCUT2D eigenvalue weighted by atomic mass is 10.0. The Kier molecular flexibility index (Phi) is 5.31. The molecule has 6 nitrogen and oxygen atoms in total. The van der Waals surface area contributed by atoms with Gasteiger partial charge in [0.25, 0.3) is 11.6 Å². The molecule has 0 saturated heterocycles. The molecule has 0 saturated carbocycles. The molecule has 0 radical (unpaired) electrons. The second-order valence-corrected chi connectivity index (χ2v) is 5.41. The van der Waals surface area contributed by atoms with Crippen LogP contribution >= 0.6 is 11.6 Å². The van der Waals surface area contributed by atoms with E-state index < -0.39 is 16.9 Å². The fraction of sp³-hybridized carbons (Fsp3) is 0.188. The number of carbonyl (C=O) groups excluding carboxylic acids is 1. The van der Waals surface area contributed by atoms with Crippen LogP contribution in [-0.4, -0.2) is 22.5 Å². The molecule has 0 aliphatic heterocycles. The highest BCUT2D eigenvalue weighted by molar-refractivity contribution is 6.33. The average Bonchev–Trinajstić information content (AvgIpc) is 2.53. The van der Waals surface area contributed by atoms with Crippen LogP contribution in [0.1, 0.15) is 27.6 Å². The number of aliphatic hydroxyl groups excluding tert-OH is 1. The first kappa shape index (κ1) is 16.9. The Bertz CT molecular complexity index is 749. The summed E-state index contributed by atoms with van der Waals surface area (Å²) in [5.74, 6) is -0.577. The van der Waals surface area contributed by atoms with Crippen molar-refractivity contribution in [1.29, 1.82) is 0 Å². The third kappa shape index (κ3) is 4.06. The Balaban J connectivity index is 2.09. The highest BCUT2D eigenvalue weighted by Crippen LogP contribution is 2.22. The van der Waals surface area contributed by atoms with Crippen molar-refractivity contribution in [2.45, 2.75) is 13.0 Å². The summed E-state index contributed by atoms with van der Waals surface area (Å²) in [5.41, 5.74) is 1.39. The number of nitro groups is 1. The van der Waals surface area contributed by atoms with Crippen LogP contribution in [0.3, 0.4) is 0 Å². The van der Waals surface area contributed by atoms with E-state index in [1.54, 1.807) is 12.1 Å². The van der Waals surface area contributed by atoms with Crippen molar-refractivity contribution in [3.05, 3.63) is 74.3 Å². The van der Waals surface area contributed by atoms with Gasteiger partial charge >= 0.3 is 0 Å². The minimum atomic E-state index is -0.877. The highest BCUT2D eigenvalue weighted by atomic mass is 35.5. The number of nitrogens with one attached hydrogen (secondary N) is 1. The van der Waals surface area contributed by atoms with Gasteiger partial charge in [-0.3, -0.25) is 14.9 Å². The predicted molar refractivity (Wildman–Crippen MR) is 86.6 cm³/mol. The lowest BCUT2D eigenvalue weighted by Gasteiger charge is -2.14. The maximum Gasteiger partial charge on any atom is 0.270 e. The molecule has 0 aromatic heterocycles. The smallest absolute Gasteiger partial charge is 0.270 e. The van der Waals surface area contributed by atoms with Crippen LogP contribution < -0.4 is 5.32 Å². The molecule has 0 fully saturated rings. The summed E-state index contributed by atoms with van der Waals surface area (Å²) in [6.45, 7) is 1.83. The Hall–Kier alpha value is -2.44. The summed E-state index contributed by atoms with van der Waals surface area (Å²) in [6.07, 6.45) is -0.877. The third-order valence-corrected chi connectivity index (χ3v) is 3.74. The van der Waals surface area contributed by atoms with Gasteiger partial charge < -0.3 is 10.4 Å². The topological polar surface area (TPSA) is 92.5 Å². The number of hydrogen-bond donors (Lipinski definition) is 2. The van der Waals surface area contributed by atoms with E-state index in [1.165, 1.54) is 12.1 Å². The first-order valence-corrected chi connectivity index (χ1v) is 7.23. The number of carbonyl (C=O) groups is 1. The zero-order valence-corrected chi connectivity index (χ0v) is 13.1. The van der Waals surface area contributed by atoms with Crippen LogP contribution in [0.15, 0.2) is 42.5 Å². The number of hydrogen-bond acceptors (Lipinski definition) is 4. The van der Waals surface area contributed by atoms with Gasteiger partial charge in [-0.25, -0.2) is 0 Å². The maximum absolute atomic E-state index is 12.1. The predicted octanol–water partition coefficient (Wildman–Crippen LogP) is 3.02. The van der Waals surface area contributed by atoms with E-state index in [0.29, 0.717) is 5.56 Å². The van der Waals surface area contributed by atoms with Crippen molar-refractivity contribution in [3.8, 4) is 0 Å². The number of non-ortho nitro benzene ring substituents is 1. The van der Waals surface area contributed by atoms with Crippen molar-refractivity contribution in [3.63, 3.8) is 0 Å². The molecular formula is C16H15ClN2O4. The lowest BCUT2D eigenvalue weighted by molar-refractivity contribution is -0.384. The van der Waals surface area contributed by atoms with Gasteiger partial charge in [0.2, 0.25) is 0 Å². The molecule has 1 unspecified atom stereocenters. The molecule has 2 aromatic carbocycles. The number of aryl methyl sites for hydroxylation is 1. The van der Waals surface area contributed by atoms with Crippen LogP contribution in [0.4, 0.5) is 5.69 Å². The summed E-state index contributed by atoms with van der Waals surface area (Å²) in [7, 11) is 0. The maximum atomic E-state index is 12.1. The number of benzene rings is 2. The van der Waals surface area contributed by atoms with E-state index in [2.05, 4.69) is 5.32 Å². The van der Waals surface area contributed by atoms with Crippen LogP contribution in [0.25, 0.3) is 0 Å². The zero-order chi connectivity index (χ0) is 17.0. The van der Waals surface area contributed by atoms with E-state index in [1.807, 2.05) is 19.1 Å². The normalized spacial score (nSPS) is 11.8. The Morgan fingerprint density at radius 2 is 2.04 bits per heavy atom. The van der Waals surface area contributed by atoms with Gasteiger partial charge in [0.15, 0.2) is 0 Å². The summed E-state index contributed by atoms with van der Waals surface area (Å²) in [6, 6.07) is 10.9. The number of rotatable bonds is 5. The third-order valence-electron chi connectivity index (χ3n) is 3.41. The summed E-state index contributed by atoms with van der Waals surface area (Å²) >= 11 is 5.91. The zero-order valence-electron chi connectivity index (χ0n) is 12.3. The van der Waals surface area contributed by atoms with Crippen LogP contribution in [0, 0.1) is 17.0 Å². The van der Waals surface area contributed by atoms with Gasteiger partial charge in [0.1, 0.15) is 0 Å². The minimum absolute atomic E-state index is 0.00199. The van der Waals surface area contributed by atoms with Gasteiger partial charge in [0.05, 0.1) is 21.6 Å². The van der Waals surface area contributed by atoms with Crippen LogP contribution in [-0.2, 0) is 0 Å². The fourth-order valence-electron chi connectivity index (χ4n) is 2.16. The molecule has 2 aromatic rings. The lowest BCUT2D eigenvalue weighted by Crippen LogP contribution is -2.28. The van der Waals surface area contributed by atoms with Gasteiger partial charge in [-0.15, -0.1) is 0 Å². The molecule has 1 atom stereocenters. The monoisotopic (exact) mass is 334 g/mol. The minimum Gasteiger partial charge on any atom is -0.387 e. The van der Waals surface area contributed by atoms with E-state index in [0.717, 1.165) is 11.6 Å². The van der Waals surface area contributed by atoms with Crippen LogP contribution in [0.2, 0.25) is 5.02 Å². The molecule has 2 rings (SSSR count). The Morgan fingerprint density at radius 1 is 1.35 bits per heavy atom. The molecule has 7 heteroatoms. The molecule has 0 aliphatic carbocycles. The summed E-state index contributed by atoms with van der Waals surface area (Å²) in [5, 5.41) is 23.6. The molecular weight excluding hydrogens is 320 g/mol. The van der Waals surface area contributed by atoms with Gasteiger partial charge in [-0.2, -0.15) is 0 Å². The SMILES string of the molecule is Cc1ccccc1C(O)CNC(=O)c1cc([N+](=O)[O-])ccc1Cl. The van der Waals surface area contributed by atoms with E-state index in [4.69, 9.17) is 11.6 Å². The van der Waals surface area contributed by atoms with Crippen molar-refractivity contribution >= 4 is 23.2 Å². The summed E-state index contributed by atoms with van der Waals surface area (Å²) in [4.78, 5) is 22.3. The van der Waals surface area contributed by atoms with E-state index in [-0.39, 0.29) is 22.8 Å². The van der Waals surface area contributed by atoms with Gasteiger partial charge in [0, 0.05) is 18.7 Å². The largest absolute Gasteiger partial charge is 0.387 e. The number of nitro benzene ring substituents is 1.